The maximum absolute atomic E-state index is 11.8. The zero-order chi connectivity index (χ0) is 18.9. The first-order chi connectivity index (χ1) is 12.5. The van der Waals surface area contributed by atoms with Crippen molar-refractivity contribution < 1.29 is 9.53 Å². The van der Waals surface area contributed by atoms with E-state index in [0.717, 1.165) is 37.6 Å². The number of carbonyl (C=O) groups excluding carboxylic acids is 1. The standard InChI is InChI=1S/C19H31N5O2/c1-5-18(25)24-10-9-16(13-24)23-19(20-6-2)22-12-15-7-8-17(21-11-15)26-14(3)4/h7-8,11,14,16H,5-6,9-10,12-13H2,1-4H3,(H2,20,22,23). The first kappa shape index (κ1) is 20.0. The van der Waals surface area contributed by atoms with E-state index < -0.39 is 0 Å². The summed E-state index contributed by atoms with van der Waals surface area (Å²) < 4.78 is 5.56. The molecule has 0 radical (unpaired) electrons. The predicted molar refractivity (Wildman–Crippen MR) is 103 cm³/mol. The predicted octanol–water partition coefficient (Wildman–Crippen LogP) is 1.93. The molecule has 1 aromatic rings. The van der Waals surface area contributed by atoms with Crippen molar-refractivity contribution in [3.05, 3.63) is 23.9 Å². The highest BCUT2D eigenvalue weighted by Gasteiger charge is 2.25. The van der Waals surface area contributed by atoms with Crippen LogP contribution < -0.4 is 15.4 Å². The summed E-state index contributed by atoms with van der Waals surface area (Å²) in [6.07, 6.45) is 3.41. The fraction of sp³-hybridized carbons (Fsp3) is 0.632. The molecule has 7 nitrogen and oxygen atoms in total. The van der Waals surface area contributed by atoms with E-state index in [9.17, 15) is 4.79 Å². The number of hydrogen-bond acceptors (Lipinski definition) is 4. The Balaban J connectivity index is 1.91. The highest BCUT2D eigenvalue weighted by Crippen LogP contribution is 2.12. The van der Waals surface area contributed by atoms with Gasteiger partial charge in [0, 0.05) is 44.4 Å². The molecule has 1 aliphatic rings. The minimum atomic E-state index is 0.112. The monoisotopic (exact) mass is 361 g/mol. The maximum Gasteiger partial charge on any atom is 0.222 e. The van der Waals surface area contributed by atoms with Crippen molar-refractivity contribution in [1.82, 2.24) is 20.5 Å². The molecular formula is C19H31N5O2. The second-order valence-corrected chi connectivity index (χ2v) is 6.69. The Morgan fingerprint density at radius 2 is 2.23 bits per heavy atom. The van der Waals surface area contributed by atoms with E-state index in [-0.39, 0.29) is 18.1 Å². The number of nitrogens with zero attached hydrogens (tertiary/aromatic N) is 3. The fourth-order valence-electron chi connectivity index (χ4n) is 2.83. The third kappa shape index (κ3) is 6.20. The normalized spacial score (nSPS) is 17.5. The highest BCUT2D eigenvalue weighted by atomic mass is 16.5. The van der Waals surface area contributed by atoms with Crippen molar-refractivity contribution in [2.45, 2.75) is 59.2 Å². The van der Waals surface area contributed by atoms with Crippen LogP contribution in [0.3, 0.4) is 0 Å². The van der Waals surface area contributed by atoms with Gasteiger partial charge in [0.1, 0.15) is 0 Å². The molecule has 26 heavy (non-hydrogen) atoms. The molecule has 0 bridgehead atoms. The van der Waals surface area contributed by atoms with E-state index in [4.69, 9.17) is 4.74 Å². The molecule has 2 N–H and O–H groups in total. The molecule has 2 rings (SSSR count). The Labute approximate surface area is 156 Å². The van der Waals surface area contributed by atoms with Crippen molar-refractivity contribution in [3.63, 3.8) is 0 Å². The Bertz CT molecular complexity index is 600. The second-order valence-electron chi connectivity index (χ2n) is 6.69. The van der Waals surface area contributed by atoms with E-state index in [1.54, 1.807) is 6.20 Å². The first-order valence-electron chi connectivity index (χ1n) is 9.46. The van der Waals surface area contributed by atoms with Crippen LogP contribution in [-0.2, 0) is 11.3 Å². The van der Waals surface area contributed by atoms with Gasteiger partial charge in [0.15, 0.2) is 5.96 Å². The lowest BCUT2D eigenvalue weighted by Gasteiger charge is -2.18. The molecule has 1 unspecified atom stereocenters. The number of likely N-dealkylation sites (tertiary alicyclic amines) is 1. The molecule has 7 heteroatoms. The third-order valence-corrected chi connectivity index (χ3v) is 4.10. The number of rotatable bonds is 7. The van der Waals surface area contributed by atoms with Gasteiger partial charge in [0.2, 0.25) is 11.8 Å². The average molecular weight is 361 g/mol. The third-order valence-electron chi connectivity index (χ3n) is 4.10. The molecule has 2 heterocycles. The first-order valence-corrected chi connectivity index (χ1v) is 9.46. The van der Waals surface area contributed by atoms with Crippen LogP contribution in [0.15, 0.2) is 23.3 Å². The van der Waals surface area contributed by atoms with E-state index in [1.165, 1.54) is 0 Å². The van der Waals surface area contributed by atoms with Gasteiger partial charge in [-0.2, -0.15) is 0 Å². The van der Waals surface area contributed by atoms with E-state index in [2.05, 4.69) is 20.6 Å². The molecular weight excluding hydrogens is 330 g/mol. The van der Waals surface area contributed by atoms with Gasteiger partial charge < -0.3 is 20.3 Å². The van der Waals surface area contributed by atoms with Gasteiger partial charge in [0.25, 0.3) is 0 Å². The molecule has 1 fully saturated rings. The maximum atomic E-state index is 11.8. The Kier molecular flexibility index (Phi) is 7.69. The van der Waals surface area contributed by atoms with Crippen LogP contribution in [0.4, 0.5) is 0 Å². The molecule has 1 aromatic heterocycles. The van der Waals surface area contributed by atoms with Crippen molar-refractivity contribution in [3.8, 4) is 5.88 Å². The Hall–Kier alpha value is -2.31. The lowest BCUT2D eigenvalue weighted by atomic mass is 10.2. The summed E-state index contributed by atoms with van der Waals surface area (Å²) in [5.74, 6) is 1.61. The van der Waals surface area contributed by atoms with Crippen molar-refractivity contribution in [2.75, 3.05) is 19.6 Å². The number of guanidine groups is 1. The SMILES string of the molecule is CCNC(=NCc1ccc(OC(C)C)nc1)NC1CCN(C(=O)CC)C1. The van der Waals surface area contributed by atoms with Gasteiger partial charge in [-0.05, 0) is 32.8 Å². The molecule has 1 amide bonds. The zero-order valence-corrected chi connectivity index (χ0v) is 16.3. The summed E-state index contributed by atoms with van der Waals surface area (Å²) in [6.45, 7) is 10.8. The van der Waals surface area contributed by atoms with Gasteiger partial charge in [-0.15, -0.1) is 0 Å². The van der Waals surface area contributed by atoms with Gasteiger partial charge in [0.05, 0.1) is 12.6 Å². The van der Waals surface area contributed by atoms with Crippen LogP contribution in [0.1, 0.15) is 46.1 Å². The Morgan fingerprint density at radius 1 is 1.42 bits per heavy atom. The number of amides is 1. The van der Waals surface area contributed by atoms with Crippen LogP contribution in [0.25, 0.3) is 0 Å². The summed E-state index contributed by atoms with van der Waals surface area (Å²) in [7, 11) is 0. The molecule has 0 aliphatic carbocycles. The number of carbonyl (C=O) groups is 1. The zero-order valence-electron chi connectivity index (χ0n) is 16.3. The number of ether oxygens (including phenoxy) is 1. The summed E-state index contributed by atoms with van der Waals surface area (Å²) in [5, 5.41) is 6.70. The molecule has 144 valence electrons. The molecule has 1 atom stereocenters. The summed E-state index contributed by atoms with van der Waals surface area (Å²) in [5.41, 5.74) is 1.02. The average Bonchev–Trinajstić information content (AvgIpc) is 3.08. The summed E-state index contributed by atoms with van der Waals surface area (Å²) in [4.78, 5) is 22.7. The summed E-state index contributed by atoms with van der Waals surface area (Å²) in [6, 6.07) is 4.09. The lowest BCUT2D eigenvalue weighted by molar-refractivity contribution is -0.129. The van der Waals surface area contributed by atoms with Gasteiger partial charge in [-0.25, -0.2) is 9.98 Å². The van der Waals surface area contributed by atoms with Gasteiger partial charge in [-0.1, -0.05) is 13.0 Å². The number of aromatic nitrogens is 1. The van der Waals surface area contributed by atoms with E-state index in [0.29, 0.717) is 18.8 Å². The highest BCUT2D eigenvalue weighted by molar-refractivity contribution is 5.80. The van der Waals surface area contributed by atoms with Crippen molar-refractivity contribution in [2.24, 2.45) is 4.99 Å². The smallest absolute Gasteiger partial charge is 0.222 e. The van der Waals surface area contributed by atoms with Crippen molar-refractivity contribution >= 4 is 11.9 Å². The van der Waals surface area contributed by atoms with Crippen LogP contribution in [-0.4, -0.2) is 53.5 Å². The van der Waals surface area contributed by atoms with Gasteiger partial charge in [-0.3, -0.25) is 4.79 Å². The van der Waals surface area contributed by atoms with Crippen LogP contribution in [0.5, 0.6) is 5.88 Å². The van der Waals surface area contributed by atoms with Gasteiger partial charge >= 0.3 is 0 Å². The number of aliphatic imine (C=N–C) groups is 1. The minimum Gasteiger partial charge on any atom is -0.475 e. The molecule has 0 spiro atoms. The number of pyridine rings is 1. The summed E-state index contributed by atoms with van der Waals surface area (Å²) >= 11 is 0. The largest absolute Gasteiger partial charge is 0.475 e. The van der Waals surface area contributed by atoms with Crippen LogP contribution >= 0.6 is 0 Å². The van der Waals surface area contributed by atoms with Crippen LogP contribution in [0, 0.1) is 0 Å². The minimum absolute atomic E-state index is 0.112. The second kappa shape index (κ2) is 9.99. The Morgan fingerprint density at radius 3 is 2.85 bits per heavy atom. The fourth-order valence-corrected chi connectivity index (χ4v) is 2.83. The molecule has 1 saturated heterocycles. The molecule has 1 aliphatic heterocycles. The number of hydrogen-bond donors (Lipinski definition) is 2. The quantitative estimate of drug-likeness (QED) is 0.573. The molecule has 0 saturated carbocycles. The van der Waals surface area contributed by atoms with Crippen LogP contribution in [0.2, 0.25) is 0 Å². The van der Waals surface area contributed by atoms with Crippen molar-refractivity contribution in [1.29, 1.82) is 0 Å². The molecule has 0 aromatic carbocycles. The van der Waals surface area contributed by atoms with E-state index >= 15 is 0 Å². The lowest BCUT2D eigenvalue weighted by Crippen LogP contribution is -2.45. The van der Waals surface area contributed by atoms with E-state index in [1.807, 2.05) is 44.7 Å². The topological polar surface area (TPSA) is 78.9 Å². The number of nitrogens with one attached hydrogen (secondary N) is 2.